The van der Waals surface area contributed by atoms with Gasteiger partial charge in [0.15, 0.2) is 5.65 Å². The zero-order valence-electron chi connectivity index (χ0n) is 14.0. The summed E-state index contributed by atoms with van der Waals surface area (Å²) in [5, 5.41) is 8.74. The Bertz CT molecular complexity index is 1010. The molecule has 25 heavy (non-hydrogen) atoms. The second-order valence-corrected chi connectivity index (χ2v) is 6.71. The lowest BCUT2D eigenvalue weighted by molar-refractivity contribution is 0.198. The van der Waals surface area contributed by atoms with Gasteiger partial charge in [0.05, 0.1) is 0 Å². The summed E-state index contributed by atoms with van der Waals surface area (Å²) in [6.07, 6.45) is 8.21. The predicted octanol–water partition coefficient (Wildman–Crippen LogP) is 2.76. The molecular weight excluding hydrogens is 312 g/mol. The first-order valence-electron chi connectivity index (χ1n) is 8.81. The molecule has 0 unspecified atom stereocenters. The SMILES string of the molecule is c1cc(CN2CCC(c3nnc4ccccn34)CC2)n2ccnc2c1. The minimum absolute atomic E-state index is 0.484. The third-order valence-corrected chi connectivity index (χ3v) is 5.19. The third kappa shape index (κ3) is 2.59. The minimum atomic E-state index is 0.484. The quantitative estimate of drug-likeness (QED) is 0.579. The third-order valence-electron chi connectivity index (χ3n) is 5.19. The van der Waals surface area contributed by atoms with Crippen LogP contribution in [0.3, 0.4) is 0 Å². The Morgan fingerprint density at radius 3 is 2.68 bits per heavy atom. The molecule has 4 aromatic rings. The van der Waals surface area contributed by atoms with Crippen molar-refractivity contribution in [2.45, 2.75) is 25.3 Å². The van der Waals surface area contributed by atoms with Crippen molar-refractivity contribution < 1.29 is 0 Å². The average molecular weight is 332 g/mol. The molecular formula is C19H20N6. The van der Waals surface area contributed by atoms with E-state index in [1.807, 2.05) is 36.7 Å². The van der Waals surface area contributed by atoms with Crippen LogP contribution in [-0.4, -0.2) is 42.0 Å². The maximum Gasteiger partial charge on any atom is 0.160 e. The molecule has 0 radical (unpaired) electrons. The summed E-state index contributed by atoms with van der Waals surface area (Å²) in [6.45, 7) is 3.12. The lowest BCUT2D eigenvalue weighted by Gasteiger charge is -2.31. The van der Waals surface area contributed by atoms with Crippen LogP contribution < -0.4 is 0 Å². The molecule has 0 spiro atoms. The molecule has 1 saturated heterocycles. The lowest BCUT2D eigenvalue weighted by Crippen LogP contribution is -2.33. The van der Waals surface area contributed by atoms with Crippen molar-refractivity contribution in [1.29, 1.82) is 0 Å². The number of nitrogens with zero attached hydrogens (tertiary/aromatic N) is 6. The highest BCUT2D eigenvalue weighted by atomic mass is 15.3. The van der Waals surface area contributed by atoms with E-state index in [4.69, 9.17) is 0 Å². The van der Waals surface area contributed by atoms with Crippen LogP contribution in [0.15, 0.2) is 55.0 Å². The zero-order chi connectivity index (χ0) is 16.6. The van der Waals surface area contributed by atoms with E-state index in [9.17, 15) is 0 Å². The van der Waals surface area contributed by atoms with E-state index in [1.54, 1.807) is 0 Å². The van der Waals surface area contributed by atoms with Crippen LogP contribution in [0.1, 0.15) is 30.3 Å². The molecule has 0 aliphatic carbocycles. The van der Waals surface area contributed by atoms with Gasteiger partial charge in [-0.2, -0.15) is 0 Å². The van der Waals surface area contributed by atoms with Gasteiger partial charge in [-0.1, -0.05) is 12.1 Å². The number of hydrogen-bond acceptors (Lipinski definition) is 4. The topological polar surface area (TPSA) is 50.7 Å². The van der Waals surface area contributed by atoms with E-state index < -0.39 is 0 Å². The van der Waals surface area contributed by atoms with Crippen molar-refractivity contribution in [3.63, 3.8) is 0 Å². The van der Waals surface area contributed by atoms with Gasteiger partial charge in [0.1, 0.15) is 11.5 Å². The minimum Gasteiger partial charge on any atom is -0.303 e. The van der Waals surface area contributed by atoms with Crippen LogP contribution in [0, 0.1) is 0 Å². The van der Waals surface area contributed by atoms with Gasteiger partial charge in [-0.25, -0.2) is 4.98 Å². The highest BCUT2D eigenvalue weighted by Gasteiger charge is 2.24. The first kappa shape index (κ1) is 14.6. The van der Waals surface area contributed by atoms with Crippen LogP contribution in [0.2, 0.25) is 0 Å². The summed E-state index contributed by atoms with van der Waals surface area (Å²) in [5.74, 6) is 1.59. The van der Waals surface area contributed by atoms with Gasteiger partial charge in [-0.05, 0) is 50.2 Å². The highest BCUT2D eigenvalue weighted by Crippen LogP contribution is 2.27. The van der Waals surface area contributed by atoms with Crippen molar-refractivity contribution in [1.82, 2.24) is 28.9 Å². The molecule has 0 N–H and O–H groups in total. The standard InChI is InChI=1S/C19H20N6/c1-2-10-25-18(5-1)21-22-19(25)15-7-11-23(12-8-15)14-16-4-3-6-17-20-9-13-24(16)17/h1-6,9-10,13,15H,7-8,11-12,14H2. The molecule has 1 aliphatic rings. The lowest BCUT2D eigenvalue weighted by atomic mass is 9.96. The van der Waals surface area contributed by atoms with Crippen molar-refractivity contribution in [2.24, 2.45) is 0 Å². The number of hydrogen-bond donors (Lipinski definition) is 0. The first-order chi connectivity index (χ1) is 12.4. The first-order valence-corrected chi connectivity index (χ1v) is 8.81. The van der Waals surface area contributed by atoms with Gasteiger partial charge in [0.25, 0.3) is 0 Å². The van der Waals surface area contributed by atoms with Gasteiger partial charge in [0, 0.05) is 36.7 Å². The van der Waals surface area contributed by atoms with Gasteiger partial charge >= 0.3 is 0 Å². The second kappa shape index (κ2) is 5.97. The van der Waals surface area contributed by atoms with E-state index in [1.165, 1.54) is 5.69 Å². The second-order valence-electron chi connectivity index (χ2n) is 6.71. The van der Waals surface area contributed by atoms with Crippen LogP contribution in [-0.2, 0) is 6.54 Å². The van der Waals surface area contributed by atoms with E-state index >= 15 is 0 Å². The molecule has 0 saturated carbocycles. The Balaban J connectivity index is 1.31. The zero-order valence-corrected chi connectivity index (χ0v) is 14.0. The molecule has 0 bridgehead atoms. The van der Waals surface area contributed by atoms with Crippen molar-refractivity contribution in [3.8, 4) is 0 Å². The van der Waals surface area contributed by atoms with Crippen molar-refractivity contribution in [2.75, 3.05) is 13.1 Å². The maximum absolute atomic E-state index is 4.44. The number of piperidine rings is 1. The molecule has 0 amide bonds. The fourth-order valence-electron chi connectivity index (χ4n) is 3.85. The Morgan fingerprint density at radius 1 is 0.880 bits per heavy atom. The summed E-state index contributed by atoms with van der Waals surface area (Å²) in [6, 6.07) is 12.4. The Labute approximate surface area is 145 Å². The Morgan fingerprint density at radius 2 is 1.76 bits per heavy atom. The van der Waals surface area contributed by atoms with E-state index in [0.717, 1.165) is 49.6 Å². The number of likely N-dealkylation sites (tertiary alicyclic amines) is 1. The van der Waals surface area contributed by atoms with E-state index in [-0.39, 0.29) is 0 Å². The smallest absolute Gasteiger partial charge is 0.160 e. The molecule has 0 aromatic carbocycles. The molecule has 1 fully saturated rings. The normalized spacial score (nSPS) is 16.8. The fraction of sp³-hybridized carbons (Fsp3) is 0.316. The number of pyridine rings is 2. The Hall–Kier alpha value is -2.73. The molecule has 6 heteroatoms. The fourth-order valence-corrected chi connectivity index (χ4v) is 3.85. The monoisotopic (exact) mass is 332 g/mol. The molecule has 0 atom stereocenters. The van der Waals surface area contributed by atoms with Crippen LogP contribution >= 0.6 is 0 Å². The van der Waals surface area contributed by atoms with Gasteiger partial charge in [0.2, 0.25) is 0 Å². The van der Waals surface area contributed by atoms with Gasteiger partial charge in [-0.3, -0.25) is 9.30 Å². The number of rotatable bonds is 3. The van der Waals surface area contributed by atoms with Crippen LogP contribution in [0.4, 0.5) is 0 Å². The average Bonchev–Trinajstić information content (AvgIpc) is 3.30. The van der Waals surface area contributed by atoms with Crippen molar-refractivity contribution in [3.05, 3.63) is 66.5 Å². The summed E-state index contributed by atoms with van der Waals surface area (Å²) < 4.78 is 4.31. The highest BCUT2D eigenvalue weighted by molar-refractivity contribution is 5.40. The Kier molecular flexibility index (Phi) is 3.48. The molecule has 6 nitrogen and oxygen atoms in total. The summed E-state index contributed by atoms with van der Waals surface area (Å²) in [7, 11) is 0. The van der Waals surface area contributed by atoms with Crippen LogP contribution in [0.25, 0.3) is 11.3 Å². The maximum atomic E-state index is 4.44. The molecule has 126 valence electrons. The number of imidazole rings is 1. The van der Waals surface area contributed by atoms with E-state index in [0.29, 0.717) is 5.92 Å². The molecule has 1 aliphatic heterocycles. The number of aromatic nitrogens is 5. The van der Waals surface area contributed by atoms with Crippen LogP contribution in [0.5, 0.6) is 0 Å². The summed E-state index contributed by atoms with van der Waals surface area (Å²) in [4.78, 5) is 6.90. The van der Waals surface area contributed by atoms with Crippen molar-refractivity contribution >= 4 is 11.3 Å². The van der Waals surface area contributed by atoms with Gasteiger partial charge in [-0.15, -0.1) is 10.2 Å². The number of fused-ring (bicyclic) bond motifs is 2. The predicted molar refractivity (Wildman–Crippen MR) is 95.4 cm³/mol. The molecule has 5 heterocycles. The molecule has 4 aromatic heterocycles. The molecule has 5 rings (SSSR count). The van der Waals surface area contributed by atoms with E-state index in [2.05, 4.69) is 47.2 Å². The largest absolute Gasteiger partial charge is 0.303 e. The summed E-state index contributed by atoms with van der Waals surface area (Å²) in [5.41, 5.74) is 3.25. The van der Waals surface area contributed by atoms with Gasteiger partial charge < -0.3 is 4.40 Å². The summed E-state index contributed by atoms with van der Waals surface area (Å²) >= 11 is 0.